The van der Waals surface area contributed by atoms with Crippen LogP contribution in [0.4, 0.5) is 0 Å². The van der Waals surface area contributed by atoms with Gasteiger partial charge in [-0.15, -0.1) is 0 Å². The molecule has 2 saturated carbocycles. The highest BCUT2D eigenvalue weighted by Gasteiger charge is 2.47. The molecule has 2 nitrogen and oxygen atoms in total. The fourth-order valence-electron chi connectivity index (χ4n) is 2.74. The molecule has 90 valence electrons. The average molecular weight is 222 g/mol. The van der Waals surface area contributed by atoms with Gasteiger partial charge < -0.3 is 5.11 Å². The summed E-state index contributed by atoms with van der Waals surface area (Å²) < 4.78 is 0. The maximum atomic E-state index is 9.60. The minimum atomic E-state index is -0.935. The zero-order valence-corrected chi connectivity index (χ0v) is 10.5. The SMILES string of the molecule is C=C(C)C(=O)O.C=C1C2CCC(C2)C1(C)C. The molecule has 0 radical (unpaired) electrons. The summed E-state index contributed by atoms with van der Waals surface area (Å²) in [4.78, 5) is 9.60. The van der Waals surface area contributed by atoms with Gasteiger partial charge in [-0.2, -0.15) is 0 Å². The van der Waals surface area contributed by atoms with Crippen LogP contribution in [-0.2, 0) is 4.79 Å². The van der Waals surface area contributed by atoms with E-state index in [4.69, 9.17) is 5.11 Å². The highest BCUT2D eigenvalue weighted by molar-refractivity contribution is 5.84. The van der Waals surface area contributed by atoms with Gasteiger partial charge in [-0.25, -0.2) is 4.79 Å². The maximum Gasteiger partial charge on any atom is 0.330 e. The Morgan fingerprint density at radius 1 is 1.44 bits per heavy atom. The molecular formula is C14H22O2. The molecule has 2 unspecified atom stereocenters. The van der Waals surface area contributed by atoms with Crippen LogP contribution < -0.4 is 0 Å². The third-order valence-corrected chi connectivity index (χ3v) is 4.14. The Kier molecular flexibility index (Phi) is 3.61. The topological polar surface area (TPSA) is 37.3 Å². The molecule has 0 amide bonds. The van der Waals surface area contributed by atoms with Gasteiger partial charge in [0, 0.05) is 5.57 Å². The van der Waals surface area contributed by atoms with E-state index in [0.717, 1.165) is 11.8 Å². The summed E-state index contributed by atoms with van der Waals surface area (Å²) in [5, 5.41) is 7.89. The summed E-state index contributed by atoms with van der Waals surface area (Å²) in [6.07, 6.45) is 4.31. The van der Waals surface area contributed by atoms with Crippen molar-refractivity contribution in [2.45, 2.75) is 40.0 Å². The van der Waals surface area contributed by atoms with Crippen molar-refractivity contribution in [2.24, 2.45) is 17.3 Å². The van der Waals surface area contributed by atoms with Crippen LogP contribution in [0.5, 0.6) is 0 Å². The van der Waals surface area contributed by atoms with Crippen LogP contribution in [0.25, 0.3) is 0 Å². The molecule has 0 heterocycles. The number of carbonyl (C=O) groups is 1. The Morgan fingerprint density at radius 2 is 1.94 bits per heavy atom. The van der Waals surface area contributed by atoms with Gasteiger partial charge >= 0.3 is 5.97 Å². The highest BCUT2D eigenvalue weighted by atomic mass is 16.4. The lowest BCUT2D eigenvalue weighted by atomic mass is 9.73. The van der Waals surface area contributed by atoms with Crippen molar-refractivity contribution in [1.82, 2.24) is 0 Å². The first-order chi connectivity index (χ1) is 7.26. The molecule has 2 heteroatoms. The van der Waals surface area contributed by atoms with Crippen molar-refractivity contribution in [3.8, 4) is 0 Å². The number of hydrogen-bond donors (Lipinski definition) is 1. The monoisotopic (exact) mass is 222 g/mol. The summed E-state index contributed by atoms with van der Waals surface area (Å²) in [5.41, 5.74) is 2.18. The first kappa shape index (κ1) is 13.0. The van der Waals surface area contributed by atoms with E-state index in [0.29, 0.717) is 5.41 Å². The molecule has 2 rings (SSSR count). The first-order valence-corrected chi connectivity index (χ1v) is 5.85. The molecule has 0 aromatic carbocycles. The molecule has 0 aromatic heterocycles. The van der Waals surface area contributed by atoms with E-state index in [1.165, 1.54) is 31.8 Å². The molecule has 1 N–H and O–H groups in total. The van der Waals surface area contributed by atoms with E-state index in [1.54, 1.807) is 0 Å². The van der Waals surface area contributed by atoms with E-state index in [1.807, 2.05) is 0 Å². The Balaban J connectivity index is 0.000000187. The molecule has 2 atom stereocenters. The van der Waals surface area contributed by atoms with Gasteiger partial charge in [-0.05, 0) is 43.4 Å². The van der Waals surface area contributed by atoms with Crippen molar-refractivity contribution in [1.29, 1.82) is 0 Å². The third kappa shape index (κ3) is 2.37. The van der Waals surface area contributed by atoms with Gasteiger partial charge in [-0.3, -0.25) is 0 Å². The van der Waals surface area contributed by atoms with Crippen LogP contribution in [-0.4, -0.2) is 11.1 Å². The minimum Gasteiger partial charge on any atom is -0.478 e. The molecule has 0 aromatic rings. The summed E-state index contributed by atoms with van der Waals surface area (Å²) >= 11 is 0. The molecule has 2 aliphatic rings. The maximum absolute atomic E-state index is 9.60. The van der Waals surface area contributed by atoms with Gasteiger partial charge in [-0.1, -0.05) is 32.6 Å². The van der Waals surface area contributed by atoms with Gasteiger partial charge in [0.25, 0.3) is 0 Å². The molecule has 16 heavy (non-hydrogen) atoms. The second kappa shape index (κ2) is 4.44. The molecule has 2 bridgehead atoms. The lowest BCUT2D eigenvalue weighted by Crippen LogP contribution is -2.21. The third-order valence-electron chi connectivity index (χ3n) is 4.14. The number of carboxylic acid groups (broad SMARTS) is 1. The first-order valence-electron chi connectivity index (χ1n) is 5.85. The number of rotatable bonds is 1. The average Bonchev–Trinajstić information content (AvgIpc) is 2.71. The Bertz CT molecular complexity index is 314. The van der Waals surface area contributed by atoms with E-state index in [-0.39, 0.29) is 5.57 Å². The van der Waals surface area contributed by atoms with Crippen molar-refractivity contribution < 1.29 is 9.90 Å². The van der Waals surface area contributed by atoms with Crippen LogP contribution >= 0.6 is 0 Å². The molecule has 0 aliphatic heterocycles. The van der Waals surface area contributed by atoms with Gasteiger partial charge in [0.1, 0.15) is 0 Å². The standard InChI is InChI=1S/C10H16.C4H6O2/c1-7-8-4-5-9(6-8)10(7,2)3;1-3(2)4(5)6/h8-9H,1,4-6H2,2-3H3;1H2,2H3,(H,5,6). The summed E-state index contributed by atoms with van der Waals surface area (Å²) in [6.45, 7) is 13.5. The summed E-state index contributed by atoms with van der Waals surface area (Å²) in [5.74, 6) is 0.917. The zero-order valence-electron chi connectivity index (χ0n) is 10.5. The van der Waals surface area contributed by atoms with Crippen molar-refractivity contribution in [3.05, 3.63) is 24.3 Å². The van der Waals surface area contributed by atoms with Crippen LogP contribution in [0.2, 0.25) is 0 Å². The number of hydrogen-bond acceptors (Lipinski definition) is 1. The molecule has 2 fully saturated rings. The van der Waals surface area contributed by atoms with Crippen molar-refractivity contribution in [2.75, 3.05) is 0 Å². The predicted molar refractivity (Wildman–Crippen MR) is 66.2 cm³/mol. The van der Waals surface area contributed by atoms with E-state index in [2.05, 4.69) is 27.0 Å². The summed E-state index contributed by atoms with van der Waals surface area (Å²) in [7, 11) is 0. The van der Waals surface area contributed by atoms with E-state index in [9.17, 15) is 4.79 Å². The normalized spacial score (nSPS) is 29.6. The van der Waals surface area contributed by atoms with Crippen LogP contribution in [0.1, 0.15) is 40.0 Å². The predicted octanol–water partition coefficient (Wildman–Crippen LogP) is 3.65. The zero-order chi connectivity index (χ0) is 12.5. The molecule has 0 spiro atoms. The van der Waals surface area contributed by atoms with Crippen molar-refractivity contribution in [3.63, 3.8) is 0 Å². The largest absolute Gasteiger partial charge is 0.478 e. The van der Waals surface area contributed by atoms with Crippen molar-refractivity contribution >= 4 is 5.97 Å². The molecule has 0 saturated heterocycles. The van der Waals surface area contributed by atoms with Gasteiger partial charge in [0.2, 0.25) is 0 Å². The quantitative estimate of drug-likeness (QED) is 0.543. The fourth-order valence-corrected chi connectivity index (χ4v) is 2.74. The number of carboxylic acids is 1. The minimum absolute atomic E-state index is 0.176. The number of fused-ring (bicyclic) bond motifs is 2. The van der Waals surface area contributed by atoms with E-state index >= 15 is 0 Å². The van der Waals surface area contributed by atoms with Crippen LogP contribution in [0.15, 0.2) is 24.3 Å². The van der Waals surface area contributed by atoms with E-state index < -0.39 is 5.97 Å². The lowest BCUT2D eigenvalue weighted by molar-refractivity contribution is -0.132. The van der Waals surface area contributed by atoms with Gasteiger partial charge in [0.05, 0.1) is 0 Å². The fraction of sp³-hybridized carbons (Fsp3) is 0.643. The highest BCUT2D eigenvalue weighted by Crippen LogP contribution is 2.58. The summed E-state index contributed by atoms with van der Waals surface area (Å²) in [6, 6.07) is 0. The molecular weight excluding hydrogens is 200 g/mol. The Morgan fingerprint density at radius 3 is 2.12 bits per heavy atom. The lowest BCUT2D eigenvalue weighted by Gasteiger charge is -2.31. The Hall–Kier alpha value is -1.05. The molecule has 2 aliphatic carbocycles. The number of aliphatic carboxylic acids is 1. The van der Waals surface area contributed by atoms with Crippen LogP contribution in [0, 0.1) is 17.3 Å². The Labute approximate surface area is 98.1 Å². The second-order valence-electron chi connectivity index (χ2n) is 5.54. The van der Waals surface area contributed by atoms with Crippen LogP contribution in [0.3, 0.4) is 0 Å². The van der Waals surface area contributed by atoms with Gasteiger partial charge in [0.15, 0.2) is 0 Å². The number of allylic oxidation sites excluding steroid dienone is 1. The smallest absolute Gasteiger partial charge is 0.330 e. The second-order valence-corrected chi connectivity index (χ2v) is 5.54.